The quantitative estimate of drug-likeness (QED) is 0.458. The van der Waals surface area contributed by atoms with Crippen molar-refractivity contribution in [2.24, 2.45) is 0 Å². The number of rotatable bonds is 8. The number of hydrogen-bond donors (Lipinski definition) is 0. The fourth-order valence-electron chi connectivity index (χ4n) is 3.91. The highest BCUT2D eigenvalue weighted by Gasteiger charge is 2.24. The molecule has 2 heterocycles. The normalized spacial score (nSPS) is 13.5. The summed E-state index contributed by atoms with van der Waals surface area (Å²) < 4.78 is 34.2. The monoisotopic (exact) mass is 473 g/mol. The van der Waals surface area contributed by atoms with E-state index in [1.54, 1.807) is 31.4 Å². The first-order valence-corrected chi connectivity index (χ1v) is 12.1. The van der Waals surface area contributed by atoms with E-state index in [1.165, 1.54) is 10.8 Å². The van der Waals surface area contributed by atoms with Gasteiger partial charge in [0.2, 0.25) is 5.43 Å². The van der Waals surface area contributed by atoms with Crippen molar-refractivity contribution >= 4 is 18.7 Å². The van der Waals surface area contributed by atoms with E-state index in [-0.39, 0.29) is 10.8 Å². The molecule has 1 aliphatic heterocycles. The van der Waals surface area contributed by atoms with Crippen LogP contribution in [0.2, 0.25) is 0 Å². The minimum Gasteiger partial charge on any atom is -0.790 e. The highest BCUT2D eigenvalue weighted by molar-refractivity contribution is 7.43. The van der Waals surface area contributed by atoms with Crippen molar-refractivity contribution in [2.45, 2.75) is 32.9 Å². The Bertz CT molecular complexity index is 1260. The van der Waals surface area contributed by atoms with Crippen molar-refractivity contribution in [3.05, 3.63) is 52.3 Å². The number of ether oxygens (including phenoxy) is 3. The van der Waals surface area contributed by atoms with Crippen LogP contribution >= 0.6 is 7.82 Å². The van der Waals surface area contributed by atoms with Gasteiger partial charge in [0, 0.05) is 11.8 Å². The zero-order valence-electron chi connectivity index (χ0n) is 18.4. The summed E-state index contributed by atoms with van der Waals surface area (Å²) >= 11 is 0. The molecule has 33 heavy (non-hydrogen) atoms. The van der Waals surface area contributed by atoms with E-state index >= 15 is 0 Å². The lowest BCUT2D eigenvalue weighted by Crippen LogP contribution is -2.21. The van der Waals surface area contributed by atoms with Gasteiger partial charge in [0.1, 0.15) is 29.5 Å². The van der Waals surface area contributed by atoms with Crippen LogP contribution in [-0.4, -0.2) is 24.9 Å². The van der Waals surface area contributed by atoms with E-state index < -0.39 is 14.6 Å². The predicted molar refractivity (Wildman–Crippen MR) is 118 cm³/mol. The Morgan fingerprint density at radius 3 is 2.64 bits per heavy atom. The molecule has 0 bridgehead atoms. The first-order valence-electron chi connectivity index (χ1n) is 10.6. The molecule has 0 atom stereocenters. The van der Waals surface area contributed by atoms with Crippen LogP contribution < -0.4 is 29.4 Å². The van der Waals surface area contributed by atoms with Gasteiger partial charge >= 0.3 is 0 Å². The standard InChI is InChI=1S/C23H26NO8P/c1-3-10-30-19-12-16-5-4-11-31-23(16)20-21(19)24(14-32-33(26,27)28)13-18(22(20)25)15-6-8-17(29-2)9-7-15/h6-9,12-13H,3-5,10-11,14H2,1-2H3,(H2,26,27,28)/p-2. The number of hydrogen-bond acceptors (Lipinski definition) is 8. The van der Waals surface area contributed by atoms with E-state index in [9.17, 15) is 19.1 Å². The molecule has 0 unspecified atom stereocenters. The number of aromatic nitrogens is 1. The smallest absolute Gasteiger partial charge is 0.201 e. The molecule has 3 aromatic rings. The number of methoxy groups -OCH3 is 1. The van der Waals surface area contributed by atoms with E-state index in [0.29, 0.717) is 53.5 Å². The minimum absolute atomic E-state index is 0.266. The second-order valence-corrected chi connectivity index (χ2v) is 8.82. The molecule has 1 aliphatic rings. The van der Waals surface area contributed by atoms with Gasteiger partial charge in [-0.05, 0) is 48.6 Å². The SMILES string of the molecule is CCCOc1cc2c(c3c(=O)c(-c4ccc(OC)cc4)cn(COP(=O)([O-])[O-])c13)OCCC2. The highest BCUT2D eigenvalue weighted by atomic mass is 31.2. The third-order valence-electron chi connectivity index (χ3n) is 5.39. The molecule has 0 saturated heterocycles. The summed E-state index contributed by atoms with van der Waals surface area (Å²) in [6.45, 7) is 2.19. The predicted octanol–water partition coefficient (Wildman–Crippen LogP) is 2.59. The third-order valence-corrected chi connectivity index (χ3v) is 5.82. The maximum absolute atomic E-state index is 13.7. The number of phosphoric acid groups is 1. The van der Waals surface area contributed by atoms with Gasteiger partial charge in [-0.2, -0.15) is 0 Å². The summed E-state index contributed by atoms with van der Waals surface area (Å²) in [4.78, 5) is 36.2. The third kappa shape index (κ3) is 4.91. The highest BCUT2D eigenvalue weighted by Crippen LogP contribution is 2.39. The Labute approximate surface area is 190 Å². The molecule has 0 aliphatic carbocycles. The number of benzene rings is 2. The Morgan fingerprint density at radius 1 is 1.21 bits per heavy atom. The average molecular weight is 473 g/mol. The Balaban J connectivity index is 2.02. The van der Waals surface area contributed by atoms with Crippen molar-refractivity contribution in [1.82, 2.24) is 4.57 Å². The van der Waals surface area contributed by atoms with Gasteiger partial charge in [-0.3, -0.25) is 4.79 Å². The molecule has 9 nitrogen and oxygen atoms in total. The lowest BCUT2D eigenvalue weighted by molar-refractivity contribution is -0.344. The average Bonchev–Trinajstić information content (AvgIpc) is 2.81. The Hall–Kier alpha value is -2.84. The number of nitrogens with zero attached hydrogens (tertiary/aromatic N) is 1. The van der Waals surface area contributed by atoms with E-state index in [1.807, 2.05) is 13.0 Å². The van der Waals surface area contributed by atoms with Crippen LogP contribution in [-0.2, 0) is 22.2 Å². The van der Waals surface area contributed by atoms with Gasteiger partial charge in [0.05, 0.1) is 33.5 Å². The first kappa shape index (κ1) is 23.3. The van der Waals surface area contributed by atoms with Gasteiger partial charge in [0.25, 0.3) is 0 Å². The summed E-state index contributed by atoms with van der Waals surface area (Å²) in [5, 5.41) is 0.266. The Morgan fingerprint density at radius 2 is 1.97 bits per heavy atom. The molecule has 0 radical (unpaired) electrons. The molecule has 2 aromatic carbocycles. The second-order valence-electron chi connectivity index (χ2n) is 7.66. The van der Waals surface area contributed by atoms with Gasteiger partial charge in [0.15, 0.2) is 0 Å². The largest absolute Gasteiger partial charge is 0.790 e. The van der Waals surface area contributed by atoms with Crippen molar-refractivity contribution in [2.75, 3.05) is 20.3 Å². The lowest BCUT2D eigenvalue weighted by Gasteiger charge is -2.30. The fraction of sp³-hybridized carbons (Fsp3) is 0.348. The zero-order chi connectivity index (χ0) is 23.6. The number of phosphoric ester groups is 1. The number of fused-ring (bicyclic) bond motifs is 3. The van der Waals surface area contributed by atoms with E-state index in [0.717, 1.165) is 18.4 Å². The van der Waals surface area contributed by atoms with Gasteiger partial charge in [-0.1, -0.05) is 19.1 Å². The molecule has 10 heteroatoms. The Kier molecular flexibility index (Phi) is 6.76. The molecule has 0 N–H and O–H groups in total. The van der Waals surface area contributed by atoms with Crippen LogP contribution in [0.25, 0.3) is 22.0 Å². The molecule has 1 aromatic heterocycles. The van der Waals surface area contributed by atoms with Crippen LogP contribution in [0.15, 0.2) is 41.3 Å². The number of aryl methyl sites for hydroxylation is 1. The van der Waals surface area contributed by atoms with E-state index in [2.05, 4.69) is 4.52 Å². The van der Waals surface area contributed by atoms with Crippen LogP contribution in [0, 0.1) is 0 Å². The summed E-state index contributed by atoms with van der Waals surface area (Å²) in [6, 6.07) is 8.70. The molecular weight excluding hydrogens is 449 g/mol. The molecule has 4 rings (SSSR count). The number of pyridine rings is 1. The lowest BCUT2D eigenvalue weighted by atomic mass is 9.98. The summed E-state index contributed by atoms with van der Waals surface area (Å²) in [5.41, 5.74) is 1.76. The van der Waals surface area contributed by atoms with Crippen LogP contribution in [0.1, 0.15) is 25.3 Å². The molecule has 176 valence electrons. The van der Waals surface area contributed by atoms with Gasteiger partial charge in [-0.15, -0.1) is 0 Å². The molecule has 0 amide bonds. The molecule has 0 saturated carbocycles. The summed E-state index contributed by atoms with van der Waals surface area (Å²) in [6.07, 6.45) is 3.72. The maximum atomic E-state index is 13.7. The second kappa shape index (κ2) is 9.57. The van der Waals surface area contributed by atoms with Crippen LogP contribution in [0.5, 0.6) is 17.2 Å². The fourth-order valence-corrected chi connectivity index (χ4v) is 4.18. The van der Waals surface area contributed by atoms with Crippen molar-refractivity contribution in [3.63, 3.8) is 0 Å². The van der Waals surface area contributed by atoms with Crippen LogP contribution in [0.3, 0.4) is 0 Å². The zero-order valence-corrected chi connectivity index (χ0v) is 19.3. The topological polar surface area (TPSA) is 122 Å². The van der Waals surface area contributed by atoms with Crippen molar-refractivity contribution in [3.8, 4) is 28.4 Å². The minimum atomic E-state index is -5.27. The summed E-state index contributed by atoms with van der Waals surface area (Å²) in [5.74, 6) is 1.48. The maximum Gasteiger partial charge on any atom is 0.201 e. The van der Waals surface area contributed by atoms with E-state index in [4.69, 9.17) is 14.2 Å². The van der Waals surface area contributed by atoms with Crippen molar-refractivity contribution < 1.29 is 33.1 Å². The van der Waals surface area contributed by atoms with Crippen molar-refractivity contribution in [1.29, 1.82) is 0 Å². The van der Waals surface area contributed by atoms with Gasteiger partial charge in [-0.25, -0.2) is 0 Å². The molecule has 0 fully saturated rings. The first-order chi connectivity index (χ1) is 15.8. The van der Waals surface area contributed by atoms with Crippen LogP contribution in [0.4, 0.5) is 0 Å². The van der Waals surface area contributed by atoms with Gasteiger partial charge < -0.3 is 37.7 Å². The molecule has 0 spiro atoms. The molecular formula is C23H24NO8P-2. The summed E-state index contributed by atoms with van der Waals surface area (Å²) in [7, 11) is -3.72.